The van der Waals surface area contributed by atoms with Gasteiger partial charge in [0.05, 0.1) is 6.54 Å². The van der Waals surface area contributed by atoms with Gasteiger partial charge in [0.1, 0.15) is 5.82 Å². The van der Waals surface area contributed by atoms with Crippen LogP contribution in [0, 0.1) is 5.82 Å². The van der Waals surface area contributed by atoms with E-state index in [0.29, 0.717) is 11.4 Å². The molecule has 4 nitrogen and oxygen atoms in total. The highest BCUT2D eigenvalue weighted by Crippen LogP contribution is 2.21. The van der Waals surface area contributed by atoms with E-state index in [9.17, 15) is 9.18 Å². The van der Waals surface area contributed by atoms with Crippen LogP contribution in [0.25, 0.3) is 0 Å². The molecule has 1 amide bonds. The third-order valence-electron chi connectivity index (χ3n) is 2.19. The van der Waals surface area contributed by atoms with E-state index < -0.39 is 11.7 Å². The number of nitrogens with two attached hydrogens (primary N) is 2. The van der Waals surface area contributed by atoms with Crippen LogP contribution in [0.2, 0.25) is 0 Å². The summed E-state index contributed by atoms with van der Waals surface area (Å²) in [7, 11) is 0. The second kappa shape index (κ2) is 4.83. The normalized spacial score (nSPS) is 10.5. The Hall–Kier alpha value is -1.78. The Kier molecular flexibility index (Phi) is 3.71. The van der Waals surface area contributed by atoms with E-state index in [4.69, 9.17) is 11.5 Å². The quantitative estimate of drug-likeness (QED) is 0.754. The molecule has 0 radical (unpaired) electrons. The topological polar surface area (TPSA) is 72.3 Å². The number of carbonyl (C=O) groups is 1. The maximum absolute atomic E-state index is 13.2. The largest absolute Gasteiger partial charge is 0.399 e. The molecular formula is C11H16FN3O. The summed E-state index contributed by atoms with van der Waals surface area (Å²) in [5.41, 5.74) is 11.6. The fourth-order valence-corrected chi connectivity index (χ4v) is 1.50. The van der Waals surface area contributed by atoms with E-state index >= 15 is 0 Å². The zero-order valence-electron chi connectivity index (χ0n) is 9.40. The van der Waals surface area contributed by atoms with Gasteiger partial charge in [-0.05, 0) is 32.0 Å². The number of nitrogen functional groups attached to an aromatic ring is 1. The van der Waals surface area contributed by atoms with Crippen molar-refractivity contribution in [2.75, 3.05) is 17.2 Å². The number of nitrogens with zero attached hydrogens (tertiary/aromatic N) is 1. The molecule has 0 aliphatic rings. The minimum Gasteiger partial charge on any atom is -0.399 e. The van der Waals surface area contributed by atoms with Gasteiger partial charge in [-0.1, -0.05) is 0 Å². The van der Waals surface area contributed by atoms with Gasteiger partial charge in [0.25, 0.3) is 0 Å². The van der Waals surface area contributed by atoms with Gasteiger partial charge >= 0.3 is 0 Å². The van der Waals surface area contributed by atoms with Crippen molar-refractivity contribution in [3.05, 3.63) is 24.0 Å². The van der Waals surface area contributed by atoms with Crippen LogP contribution < -0.4 is 16.4 Å². The number of hydrogen-bond acceptors (Lipinski definition) is 3. The smallest absolute Gasteiger partial charge is 0.236 e. The molecule has 0 aliphatic carbocycles. The molecule has 0 aromatic heterocycles. The first-order chi connectivity index (χ1) is 7.40. The lowest BCUT2D eigenvalue weighted by molar-refractivity contribution is -0.116. The molecule has 16 heavy (non-hydrogen) atoms. The van der Waals surface area contributed by atoms with E-state index in [-0.39, 0.29) is 12.6 Å². The molecule has 0 spiro atoms. The lowest BCUT2D eigenvalue weighted by Gasteiger charge is -2.27. The first-order valence-electron chi connectivity index (χ1n) is 5.01. The Morgan fingerprint density at radius 2 is 2.06 bits per heavy atom. The van der Waals surface area contributed by atoms with E-state index in [1.54, 1.807) is 11.0 Å². The maximum Gasteiger partial charge on any atom is 0.236 e. The SMILES string of the molecule is CC(C)N(CC(N)=O)c1cc(N)cc(F)c1. The highest BCUT2D eigenvalue weighted by atomic mass is 19.1. The summed E-state index contributed by atoms with van der Waals surface area (Å²) >= 11 is 0. The number of halogens is 1. The Bertz CT molecular complexity index is 373. The molecule has 1 rings (SSSR count). The van der Waals surface area contributed by atoms with Gasteiger partial charge in [-0.3, -0.25) is 4.79 Å². The number of amides is 1. The van der Waals surface area contributed by atoms with Crippen LogP contribution in [0.15, 0.2) is 18.2 Å². The van der Waals surface area contributed by atoms with E-state index in [1.165, 1.54) is 12.1 Å². The summed E-state index contributed by atoms with van der Waals surface area (Å²) in [6.07, 6.45) is 0. The Morgan fingerprint density at radius 3 is 2.50 bits per heavy atom. The molecule has 0 aliphatic heterocycles. The molecule has 0 bridgehead atoms. The number of anilines is 2. The van der Waals surface area contributed by atoms with Crippen molar-refractivity contribution in [2.24, 2.45) is 5.73 Å². The molecule has 88 valence electrons. The van der Waals surface area contributed by atoms with Crippen LogP contribution in [-0.2, 0) is 4.79 Å². The van der Waals surface area contributed by atoms with Crippen molar-refractivity contribution >= 4 is 17.3 Å². The summed E-state index contributed by atoms with van der Waals surface area (Å²) < 4.78 is 13.2. The molecule has 4 N–H and O–H groups in total. The van der Waals surface area contributed by atoms with Crippen molar-refractivity contribution in [3.63, 3.8) is 0 Å². The van der Waals surface area contributed by atoms with E-state index in [2.05, 4.69) is 0 Å². The fraction of sp³-hybridized carbons (Fsp3) is 0.364. The number of carbonyl (C=O) groups excluding carboxylic acids is 1. The van der Waals surface area contributed by atoms with E-state index in [1.807, 2.05) is 13.8 Å². The minimum absolute atomic E-state index is 0.0358. The van der Waals surface area contributed by atoms with Crippen molar-refractivity contribution < 1.29 is 9.18 Å². The average molecular weight is 225 g/mol. The van der Waals surface area contributed by atoms with Crippen molar-refractivity contribution in [2.45, 2.75) is 19.9 Å². The van der Waals surface area contributed by atoms with Gasteiger partial charge in [-0.15, -0.1) is 0 Å². The molecule has 5 heteroatoms. The van der Waals surface area contributed by atoms with Gasteiger partial charge in [-0.25, -0.2) is 4.39 Å². The van der Waals surface area contributed by atoms with Gasteiger partial charge in [0.2, 0.25) is 5.91 Å². The lowest BCUT2D eigenvalue weighted by atomic mass is 10.2. The van der Waals surface area contributed by atoms with Crippen LogP contribution in [0.3, 0.4) is 0 Å². The van der Waals surface area contributed by atoms with Crippen LogP contribution in [-0.4, -0.2) is 18.5 Å². The number of primary amides is 1. The summed E-state index contributed by atoms with van der Waals surface area (Å²) in [5, 5.41) is 0. The summed E-state index contributed by atoms with van der Waals surface area (Å²) in [4.78, 5) is 12.6. The van der Waals surface area contributed by atoms with Crippen LogP contribution in [0.5, 0.6) is 0 Å². The number of hydrogen-bond donors (Lipinski definition) is 2. The molecule has 0 saturated heterocycles. The summed E-state index contributed by atoms with van der Waals surface area (Å²) in [6.45, 7) is 3.83. The Morgan fingerprint density at radius 1 is 1.44 bits per heavy atom. The van der Waals surface area contributed by atoms with Gasteiger partial charge in [0, 0.05) is 17.4 Å². The highest BCUT2D eigenvalue weighted by molar-refractivity contribution is 5.80. The van der Waals surface area contributed by atoms with Gasteiger partial charge in [-0.2, -0.15) is 0 Å². The third-order valence-corrected chi connectivity index (χ3v) is 2.19. The summed E-state index contributed by atoms with van der Waals surface area (Å²) in [6, 6.07) is 4.21. The van der Waals surface area contributed by atoms with Crippen LogP contribution >= 0.6 is 0 Å². The molecule has 0 fully saturated rings. The second-order valence-electron chi connectivity index (χ2n) is 3.93. The lowest BCUT2D eigenvalue weighted by Crippen LogP contribution is -2.38. The molecular weight excluding hydrogens is 209 g/mol. The van der Waals surface area contributed by atoms with Crippen molar-refractivity contribution in [1.29, 1.82) is 0 Å². The first kappa shape index (κ1) is 12.3. The fourth-order valence-electron chi connectivity index (χ4n) is 1.50. The van der Waals surface area contributed by atoms with Crippen LogP contribution in [0.1, 0.15) is 13.8 Å². The number of rotatable bonds is 4. The van der Waals surface area contributed by atoms with E-state index in [0.717, 1.165) is 0 Å². The monoisotopic (exact) mass is 225 g/mol. The molecule has 0 atom stereocenters. The molecule has 1 aromatic rings. The Labute approximate surface area is 94.0 Å². The highest BCUT2D eigenvalue weighted by Gasteiger charge is 2.14. The summed E-state index contributed by atoms with van der Waals surface area (Å²) in [5.74, 6) is -0.887. The second-order valence-corrected chi connectivity index (χ2v) is 3.93. The third kappa shape index (κ3) is 3.12. The zero-order valence-corrected chi connectivity index (χ0v) is 9.40. The Balaban J connectivity index is 3.05. The maximum atomic E-state index is 13.2. The number of benzene rings is 1. The van der Waals surface area contributed by atoms with Gasteiger partial charge in [0.15, 0.2) is 0 Å². The standard InChI is InChI=1S/C11H16FN3O/c1-7(2)15(6-11(14)16)10-4-8(12)3-9(13)5-10/h3-5,7H,6,13H2,1-2H3,(H2,14,16). The van der Waals surface area contributed by atoms with Crippen LogP contribution in [0.4, 0.5) is 15.8 Å². The zero-order chi connectivity index (χ0) is 12.3. The molecule has 0 heterocycles. The van der Waals surface area contributed by atoms with Crippen molar-refractivity contribution in [1.82, 2.24) is 0 Å². The predicted octanol–water partition coefficient (Wildman–Crippen LogP) is 1.11. The average Bonchev–Trinajstić information content (AvgIpc) is 2.11. The van der Waals surface area contributed by atoms with Gasteiger partial charge < -0.3 is 16.4 Å². The molecule has 1 aromatic carbocycles. The first-order valence-corrected chi connectivity index (χ1v) is 5.01. The molecule has 0 unspecified atom stereocenters. The minimum atomic E-state index is -0.462. The molecule has 0 saturated carbocycles. The van der Waals surface area contributed by atoms with Crippen molar-refractivity contribution in [3.8, 4) is 0 Å². The predicted molar refractivity (Wildman–Crippen MR) is 62.5 cm³/mol.